The molecule has 0 N–H and O–H groups in total. The third-order valence-electron chi connectivity index (χ3n) is 1.03. The van der Waals surface area contributed by atoms with Gasteiger partial charge in [-0.05, 0) is 0 Å². The molecule has 1 aromatic heterocycles. The molecule has 1 rings (SSSR count). The van der Waals surface area contributed by atoms with Gasteiger partial charge < -0.3 is 0 Å². The predicted octanol–water partition coefficient (Wildman–Crippen LogP) is 1.44. The first-order valence-corrected chi connectivity index (χ1v) is 2.84. The summed E-state index contributed by atoms with van der Waals surface area (Å²) in [6, 6.07) is 0. The summed E-state index contributed by atoms with van der Waals surface area (Å²) in [5, 5.41) is 0. The smallest absolute Gasteiger partial charge is 0.229 e. The molecule has 0 radical (unpaired) electrons. The van der Waals surface area contributed by atoms with Crippen molar-refractivity contribution < 1.29 is 17.6 Å². The second-order valence-corrected chi connectivity index (χ2v) is 1.90. The SMILES string of the molecule is FC(c1ncncn1)C(F)(F)F. The first-order chi connectivity index (χ1) is 5.52. The van der Waals surface area contributed by atoms with Crippen molar-refractivity contribution in [1.82, 2.24) is 15.0 Å². The summed E-state index contributed by atoms with van der Waals surface area (Å²) >= 11 is 0. The van der Waals surface area contributed by atoms with Crippen molar-refractivity contribution in [2.75, 3.05) is 0 Å². The van der Waals surface area contributed by atoms with Gasteiger partial charge in [0.05, 0.1) is 0 Å². The third-order valence-corrected chi connectivity index (χ3v) is 1.03. The van der Waals surface area contributed by atoms with Gasteiger partial charge in [0.1, 0.15) is 12.7 Å². The number of nitrogens with zero attached hydrogens (tertiary/aromatic N) is 3. The maximum Gasteiger partial charge on any atom is 0.427 e. The monoisotopic (exact) mass is 181 g/mol. The van der Waals surface area contributed by atoms with Crippen LogP contribution in [0.2, 0.25) is 0 Å². The van der Waals surface area contributed by atoms with E-state index in [1.165, 1.54) is 0 Å². The zero-order chi connectivity index (χ0) is 9.19. The van der Waals surface area contributed by atoms with E-state index in [9.17, 15) is 17.6 Å². The zero-order valence-corrected chi connectivity index (χ0v) is 5.59. The molecule has 0 saturated heterocycles. The van der Waals surface area contributed by atoms with Gasteiger partial charge in [0, 0.05) is 0 Å². The molecule has 0 fully saturated rings. The van der Waals surface area contributed by atoms with E-state index in [2.05, 4.69) is 15.0 Å². The number of hydrogen-bond donors (Lipinski definition) is 0. The van der Waals surface area contributed by atoms with Crippen molar-refractivity contribution >= 4 is 0 Å². The fourth-order valence-corrected chi connectivity index (χ4v) is 0.525. The van der Waals surface area contributed by atoms with Gasteiger partial charge in [-0.15, -0.1) is 0 Å². The molecular formula is C5H3F4N3. The predicted molar refractivity (Wildman–Crippen MR) is 29.7 cm³/mol. The molecule has 0 amide bonds. The van der Waals surface area contributed by atoms with Gasteiger partial charge in [-0.1, -0.05) is 0 Å². The van der Waals surface area contributed by atoms with E-state index in [1.54, 1.807) is 0 Å². The number of hydrogen-bond acceptors (Lipinski definition) is 3. The van der Waals surface area contributed by atoms with Gasteiger partial charge in [-0.3, -0.25) is 0 Å². The van der Waals surface area contributed by atoms with Crippen molar-refractivity contribution in [3.8, 4) is 0 Å². The van der Waals surface area contributed by atoms with Gasteiger partial charge in [0.25, 0.3) is 6.17 Å². The van der Waals surface area contributed by atoms with Crippen LogP contribution in [0.5, 0.6) is 0 Å². The summed E-state index contributed by atoms with van der Waals surface area (Å²) in [5.41, 5.74) is 0. The fourth-order valence-electron chi connectivity index (χ4n) is 0.525. The van der Waals surface area contributed by atoms with Crippen molar-refractivity contribution in [3.63, 3.8) is 0 Å². The summed E-state index contributed by atoms with van der Waals surface area (Å²) in [6.07, 6.45) is -6.48. The van der Waals surface area contributed by atoms with Gasteiger partial charge in [-0.2, -0.15) is 13.2 Å². The highest BCUT2D eigenvalue weighted by Gasteiger charge is 2.43. The molecule has 0 spiro atoms. The molecule has 0 saturated carbocycles. The van der Waals surface area contributed by atoms with Crippen molar-refractivity contribution in [3.05, 3.63) is 18.5 Å². The molecule has 0 bridgehead atoms. The Hall–Kier alpha value is -1.27. The molecule has 12 heavy (non-hydrogen) atoms. The van der Waals surface area contributed by atoms with Gasteiger partial charge in [-0.25, -0.2) is 19.3 Å². The number of aromatic nitrogens is 3. The molecule has 3 nitrogen and oxygen atoms in total. The summed E-state index contributed by atoms with van der Waals surface area (Å²) < 4.78 is 47.3. The third kappa shape index (κ3) is 1.86. The van der Waals surface area contributed by atoms with Crippen LogP contribution in [0.15, 0.2) is 12.7 Å². The minimum atomic E-state index is -4.96. The maximum absolute atomic E-state index is 12.4. The summed E-state index contributed by atoms with van der Waals surface area (Å²) in [5.74, 6) is -0.919. The maximum atomic E-state index is 12.4. The average Bonchev–Trinajstić information content (AvgIpc) is 2.03. The van der Waals surface area contributed by atoms with Crippen molar-refractivity contribution in [2.24, 2.45) is 0 Å². The zero-order valence-electron chi connectivity index (χ0n) is 5.59. The Balaban J connectivity index is 2.86. The Labute approximate surface area is 64.5 Å². The van der Waals surface area contributed by atoms with E-state index >= 15 is 0 Å². The lowest BCUT2D eigenvalue weighted by atomic mass is 10.3. The molecule has 1 aromatic rings. The molecule has 0 aromatic carbocycles. The van der Waals surface area contributed by atoms with E-state index in [0.717, 1.165) is 12.7 Å². The molecule has 66 valence electrons. The highest BCUT2D eigenvalue weighted by molar-refractivity contribution is 4.91. The summed E-state index contributed by atoms with van der Waals surface area (Å²) in [7, 11) is 0. The van der Waals surface area contributed by atoms with Crippen LogP contribution >= 0.6 is 0 Å². The minimum absolute atomic E-state index is 0.806. The van der Waals surface area contributed by atoms with E-state index in [-0.39, 0.29) is 0 Å². The Morgan fingerprint density at radius 3 is 2.08 bits per heavy atom. The minimum Gasteiger partial charge on any atom is -0.229 e. The van der Waals surface area contributed by atoms with Gasteiger partial charge in [0.15, 0.2) is 5.82 Å². The molecule has 1 heterocycles. The Kier molecular flexibility index (Phi) is 2.20. The van der Waals surface area contributed by atoms with E-state index in [0.29, 0.717) is 0 Å². The molecule has 1 atom stereocenters. The Bertz CT molecular complexity index is 247. The molecular weight excluding hydrogens is 178 g/mol. The summed E-state index contributed by atoms with van der Waals surface area (Å²) in [4.78, 5) is 9.31. The van der Waals surface area contributed by atoms with Crippen LogP contribution in [-0.2, 0) is 0 Å². The highest BCUT2D eigenvalue weighted by atomic mass is 19.4. The number of alkyl halides is 4. The quantitative estimate of drug-likeness (QED) is 0.615. The Morgan fingerprint density at radius 2 is 1.67 bits per heavy atom. The standard InChI is InChI=1S/C5H3F4N3/c6-3(5(7,8)9)4-11-1-10-2-12-4/h1-3H. The lowest BCUT2D eigenvalue weighted by Gasteiger charge is -2.09. The second kappa shape index (κ2) is 3.00. The lowest BCUT2D eigenvalue weighted by Crippen LogP contribution is -2.18. The normalized spacial score (nSPS) is 14.3. The molecule has 7 heteroatoms. The van der Waals surface area contributed by atoms with Crippen LogP contribution in [-0.4, -0.2) is 21.1 Å². The average molecular weight is 181 g/mol. The van der Waals surface area contributed by atoms with Gasteiger partial charge in [0.2, 0.25) is 0 Å². The molecule has 0 aliphatic heterocycles. The second-order valence-electron chi connectivity index (χ2n) is 1.90. The first-order valence-electron chi connectivity index (χ1n) is 2.84. The van der Waals surface area contributed by atoms with Crippen LogP contribution in [0, 0.1) is 0 Å². The molecule has 0 aliphatic carbocycles. The highest BCUT2D eigenvalue weighted by Crippen LogP contribution is 2.33. The fraction of sp³-hybridized carbons (Fsp3) is 0.400. The first kappa shape index (κ1) is 8.82. The van der Waals surface area contributed by atoms with Crippen LogP contribution in [0.4, 0.5) is 17.6 Å². The topological polar surface area (TPSA) is 38.7 Å². The summed E-state index contributed by atoms with van der Waals surface area (Å²) in [6.45, 7) is 0. The van der Waals surface area contributed by atoms with Crippen molar-refractivity contribution in [1.29, 1.82) is 0 Å². The van der Waals surface area contributed by atoms with E-state index < -0.39 is 18.2 Å². The molecule has 0 aliphatic rings. The molecule has 1 unspecified atom stereocenters. The lowest BCUT2D eigenvalue weighted by molar-refractivity contribution is -0.184. The van der Waals surface area contributed by atoms with Gasteiger partial charge >= 0.3 is 6.18 Å². The largest absolute Gasteiger partial charge is 0.427 e. The van der Waals surface area contributed by atoms with Crippen LogP contribution < -0.4 is 0 Å². The number of rotatable bonds is 1. The van der Waals surface area contributed by atoms with Crippen LogP contribution in [0.3, 0.4) is 0 Å². The van der Waals surface area contributed by atoms with Crippen molar-refractivity contribution in [2.45, 2.75) is 12.3 Å². The van der Waals surface area contributed by atoms with E-state index in [1.807, 2.05) is 0 Å². The number of halogens is 4. The van der Waals surface area contributed by atoms with Crippen LogP contribution in [0.1, 0.15) is 12.0 Å². The van der Waals surface area contributed by atoms with E-state index in [4.69, 9.17) is 0 Å². The van der Waals surface area contributed by atoms with Crippen LogP contribution in [0.25, 0.3) is 0 Å². The Morgan fingerprint density at radius 1 is 1.17 bits per heavy atom.